The molecule has 6 heteroatoms. The monoisotopic (exact) mass is 312 g/mol. The van der Waals surface area contributed by atoms with Crippen LogP contribution in [0, 0.1) is 5.82 Å². The minimum Gasteiger partial charge on any atom is -0.312 e. The summed E-state index contributed by atoms with van der Waals surface area (Å²) in [5.41, 5.74) is 0.882. The molecular formula is C12H16Cl3FN2. The van der Waals surface area contributed by atoms with Gasteiger partial charge in [0.25, 0.3) is 0 Å². The number of benzene rings is 1. The van der Waals surface area contributed by atoms with Crippen LogP contribution in [0.25, 0.3) is 0 Å². The van der Waals surface area contributed by atoms with E-state index < -0.39 is 5.82 Å². The van der Waals surface area contributed by atoms with Crippen LogP contribution in [0.4, 0.5) is 4.39 Å². The molecule has 102 valence electrons. The van der Waals surface area contributed by atoms with E-state index in [4.69, 9.17) is 23.2 Å². The second-order valence-electron chi connectivity index (χ2n) is 4.42. The fourth-order valence-electron chi connectivity index (χ4n) is 2.08. The van der Waals surface area contributed by atoms with Crippen molar-refractivity contribution in [2.45, 2.75) is 19.5 Å². The Balaban J connectivity index is 0.00000162. The van der Waals surface area contributed by atoms with E-state index in [0.29, 0.717) is 17.6 Å². The fourth-order valence-corrected chi connectivity index (χ4v) is 2.48. The molecule has 1 N–H and O–H groups in total. The molecule has 0 saturated carbocycles. The van der Waals surface area contributed by atoms with Gasteiger partial charge in [-0.2, -0.15) is 0 Å². The molecule has 2 nitrogen and oxygen atoms in total. The van der Waals surface area contributed by atoms with Gasteiger partial charge < -0.3 is 5.32 Å². The van der Waals surface area contributed by atoms with Crippen LogP contribution in [-0.2, 0) is 6.54 Å². The molecule has 1 aliphatic heterocycles. The first-order valence-corrected chi connectivity index (χ1v) is 6.41. The van der Waals surface area contributed by atoms with Gasteiger partial charge in [-0.1, -0.05) is 29.3 Å². The standard InChI is InChI=1S/C12H15Cl2FN2.ClH/c1-8-6-17(5-4-16-8)7-9-2-3-10(15)12(14)11(9)13;/h2-3,8,16H,4-7H2,1H3;1H. The number of nitrogens with one attached hydrogen (secondary N) is 1. The summed E-state index contributed by atoms with van der Waals surface area (Å²) in [4.78, 5) is 2.29. The molecule has 1 aromatic carbocycles. The second-order valence-corrected chi connectivity index (χ2v) is 5.18. The summed E-state index contributed by atoms with van der Waals surface area (Å²) in [5, 5.41) is 3.72. The maximum atomic E-state index is 13.2. The van der Waals surface area contributed by atoms with E-state index in [1.54, 1.807) is 6.07 Å². The molecule has 18 heavy (non-hydrogen) atoms. The summed E-state index contributed by atoms with van der Waals surface area (Å²) in [6.07, 6.45) is 0. The van der Waals surface area contributed by atoms with Crippen molar-refractivity contribution in [2.75, 3.05) is 19.6 Å². The van der Waals surface area contributed by atoms with Crippen molar-refractivity contribution in [2.24, 2.45) is 0 Å². The number of hydrogen-bond acceptors (Lipinski definition) is 2. The average Bonchev–Trinajstić information content (AvgIpc) is 2.30. The van der Waals surface area contributed by atoms with Crippen molar-refractivity contribution in [3.05, 3.63) is 33.6 Å². The van der Waals surface area contributed by atoms with Gasteiger partial charge in [0.05, 0.1) is 10.0 Å². The fraction of sp³-hybridized carbons (Fsp3) is 0.500. The summed E-state index contributed by atoms with van der Waals surface area (Å²) in [6.45, 7) is 5.75. The zero-order valence-electron chi connectivity index (χ0n) is 10.0. The second kappa shape index (κ2) is 6.92. The van der Waals surface area contributed by atoms with Gasteiger partial charge >= 0.3 is 0 Å². The van der Waals surface area contributed by atoms with Gasteiger partial charge in [0.15, 0.2) is 0 Å². The molecule has 0 spiro atoms. The van der Waals surface area contributed by atoms with Gasteiger partial charge in [-0.15, -0.1) is 12.4 Å². The molecule has 1 saturated heterocycles. The summed E-state index contributed by atoms with van der Waals surface area (Å²) in [5.74, 6) is -0.464. The Morgan fingerprint density at radius 2 is 2.11 bits per heavy atom. The number of rotatable bonds is 2. The van der Waals surface area contributed by atoms with Gasteiger partial charge in [-0.05, 0) is 18.6 Å². The zero-order valence-corrected chi connectivity index (χ0v) is 12.4. The maximum Gasteiger partial charge on any atom is 0.143 e. The third-order valence-corrected chi connectivity index (χ3v) is 3.86. The van der Waals surface area contributed by atoms with Gasteiger partial charge in [0, 0.05) is 32.2 Å². The largest absolute Gasteiger partial charge is 0.312 e. The maximum absolute atomic E-state index is 13.2. The van der Waals surface area contributed by atoms with Gasteiger partial charge in [0.1, 0.15) is 5.82 Å². The van der Waals surface area contributed by atoms with Gasteiger partial charge in [-0.3, -0.25) is 4.90 Å². The predicted molar refractivity (Wildman–Crippen MR) is 76.4 cm³/mol. The molecule has 0 bridgehead atoms. The zero-order chi connectivity index (χ0) is 12.4. The highest BCUT2D eigenvalue weighted by Crippen LogP contribution is 2.29. The molecule has 1 atom stereocenters. The Hall–Kier alpha value is -0.0600. The molecule has 1 aromatic rings. The quantitative estimate of drug-likeness (QED) is 0.842. The van der Waals surface area contributed by atoms with E-state index in [1.807, 2.05) is 0 Å². The molecule has 1 fully saturated rings. The molecule has 2 rings (SSSR count). The molecule has 0 radical (unpaired) electrons. The Kier molecular flexibility index (Phi) is 6.15. The number of piperazine rings is 1. The average molecular weight is 314 g/mol. The van der Waals surface area contributed by atoms with E-state index >= 15 is 0 Å². The molecule has 1 unspecified atom stereocenters. The summed E-state index contributed by atoms with van der Waals surface area (Å²) >= 11 is 11.8. The number of nitrogens with zero attached hydrogens (tertiary/aromatic N) is 1. The van der Waals surface area contributed by atoms with Gasteiger partial charge in [0.2, 0.25) is 0 Å². The van der Waals surface area contributed by atoms with E-state index in [1.165, 1.54) is 6.07 Å². The number of hydrogen-bond donors (Lipinski definition) is 1. The summed E-state index contributed by atoms with van der Waals surface area (Å²) in [6, 6.07) is 3.55. The van der Waals surface area contributed by atoms with Crippen LogP contribution >= 0.6 is 35.6 Å². The lowest BCUT2D eigenvalue weighted by Gasteiger charge is -2.32. The highest BCUT2D eigenvalue weighted by atomic mass is 35.5. The van der Waals surface area contributed by atoms with Crippen molar-refractivity contribution >= 4 is 35.6 Å². The van der Waals surface area contributed by atoms with Crippen LogP contribution in [0.3, 0.4) is 0 Å². The molecule has 0 aliphatic carbocycles. The Morgan fingerprint density at radius 3 is 2.78 bits per heavy atom. The summed E-state index contributed by atoms with van der Waals surface area (Å²) < 4.78 is 13.2. The first-order chi connectivity index (χ1) is 8.08. The highest BCUT2D eigenvalue weighted by Gasteiger charge is 2.18. The van der Waals surface area contributed by atoms with E-state index in [2.05, 4.69) is 17.1 Å². The lowest BCUT2D eigenvalue weighted by molar-refractivity contribution is 0.199. The first-order valence-electron chi connectivity index (χ1n) is 5.66. The van der Waals surface area contributed by atoms with Crippen molar-refractivity contribution in [1.82, 2.24) is 10.2 Å². The smallest absolute Gasteiger partial charge is 0.143 e. The minimum absolute atomic E-state index is 0. The van der Waals surface area contributed by atoms with Crippen molar-refractivity contribution < 1.29 is 4.39 Å². The molecular weight excluding hydrogens is 298 g/mol. The normalized spacial score (nSPS) is 20.6. The first kappa shape index (κ1) is 16.0. The topological polar surface area (TPSA) is 15.3 Å². The van der Waals surface area contributed by atoms with Crippen LogP contribution in [0.1, 0.15) is 12.5 Å². The SMILES string of the molecule is CC1CN(Cc2ccc(F)c(Cl)c2Cl)CCN1.Cl. The third kappa shape index (κ3) is 3.72. The van der Waals surface area contributed by atoms with E-state index in [9.17, 15) is 4.39 Å². The van der Waals surface area contributed by atoms with Crippen molar-refractivity contribution in [1.29, 1.82) is 0 Å². The Morgan fingerprint density at radius 1 is 1.39 bits per heavy atom. The Labute approximate surface area is 123 Å². The summed E-state index contributed by atoms with van der Waals surface area (Å²) in [7, 11) is 0. The van der Waals surface area contributed by atoms with Gasteiger partial charge in [-0.25, -0.2) is 4.39 Å². The molecule has 1 aliphatic rings. The molecule has 1 heterocycles. The Bertz CT molecular complexity index is 415. The van der Waals surface area contributed by atoms with E-state index in [0.717, 1.165) is 25.2 Å². The molecule has 0 aromatic heterocycles. The van der Waals surface area contributed by atoms with Crippen LogP contribution in [0.5, 0.6) is 0 Å². The lowest BCUT2D eigenvalue weighted by Crippen LogP contribution is -2.48. The predicted octanol–water partition coefficient (Wildman–Crippen LogP) is 3.35. The number of halogens is 4. The van der Waals surface area contributed by atoms with Crippen LogP contribution in [0.2, 0.25) is 10.0 Å². The van der Waals surface area contributed by atoms with Crippen molar-refractivity contribution in [3.8, 4) is 0 Å². The van der Waals surface area contributed by atoms with Crippen LogP contribution in [0.15, 0.2) is 12.1 Å². The highest BCUT2D eigenvalue weighted by molar-refractivity contribution is 6.42. The lowest BCUT2D eigenvalue weighted by atomic mass is 10.1. The third-order valence-electron chi connectivity index (χ3n) is 2.96. The van der Waals surface area contributed by atoms with Crippen LogP contribution < -0.4 is 5.32 Å². The van der Waals surface area contributed by atoms with Crippen molar-refractivity contribution in [3.63, 3.8) is 0 Å². The van der Waals surface area contributed by atoms with Crippen LogP contribution in [-0.4, -0.2) is 30.6 Å². The minimum atomic E-state index is -0.464. The van der Waals surface area contributed by atoms with E-state index in [-0.39, 0.29) is 17.4 Å². The molecule has 0 amide bonds.